The molecule has 132 valence electrons. The summed E-state index contributed by atoms with van der Waals surface area (Å²) in [4.78, 5) is 12.7. The lowest BCUT2D eigenvalue weighted by atomic mass is 10.2. The summed E-state index contributed by atoms with van der Waals surface area (Å²) in [5.41, 5.74) is 0.851. The standard InChI is InChI=1S/C18H20N2O5/c21-20(22)15-6-7-17(19-8-10-23-11-9-19)18(14-15)25-13-12-24-16-4-2-1-3-5-16/h1-7,14H,8-13H2. The Balaban J connectivity index is 1.66. The molecule has 7 nitrogen and oxygen atoms in total. The third kappa shape index (κ3) is 4.60. The fourth-order valence-corrected chi connectivity index (χ4v) is 2.63. The molecule has 0 saturated carbocycles. The minimum Gasteiger partial charge on any atom is -0.490 e. The van der Waals surface area contributed by atoms with Crippen LogP contribution in [-0.2, 0) is 4.74 Å². The van der Waals surface area contributed by atoms with Crippen LogP contribution in [0.3, 0.4) is 0 Å². The van der Waals surface area contributed by atoms with Crippen molar-refractivity contribution in [1.29, 1.82) is 0 Å². The van der Waals surface area contributed by atoms with E-state index in [0.717, 1.165) is 24.5 Å². The molecule has 0 aromatic heterocycles. The van der Waals surface area contributed by atoms with Crippen LogP contribution in [-0.4, -0.2) is 44.4 Å². The van der Waals surface area contributed by atoms with Crippen LogP contribution in [0.5, 0.6) is 11.5 Å². The van der Waals surface area contributed by atoms with Gasteiger partial charge in [0, 0.05) is 19.2 Å². The van der Waals surface area contributed by atoms with Crippen molar-refractivity contribution in [3.05, 3.63) is 58.6 Å². The van der Waals surface area contributed by atoms with Crippen molar-refractivity contribution in [1.82, 2.24) is 0 Å². The Morgan fingerprint density at radius 1 is 1.04 bits per heavy atom. The lowest BCUT2D eigenvalue weighted by Crippen LogP contribution is -2.36. The average Bonchev–Trinajstić information content (AvgIpc) is 2.66. The Hall–Kier alpha value is -2.80. The molecule has 0 bridgehead atoms. The van der Waals surface area contributed by atoms with Gasteiger partial charge in [0.15, 0.2) is 0 Å². The first kappa shape index (κ1) is 17.0. The molecular formula is C18H20N2O5. The molecule has 1 aliphatic heterocycles. The van der Waals surface area contributed by atoms with Gasteiger partial charge in [-0.3, -0.25) is 10.1 Å². The first-order valence-corrected chi connectivity index (χ1v) is 8.16. The summed E-state index contributed by atoms with van der Waals surface area (Å²) >= 11 is 0. The molecule has 1 saturated heterocycles. The Labute approximate surface area is 145 Å². The molecule has 0 spiro atoms. The molecular weight excluding hydrogens is 324 g/mol. The van der Waals surface area contributed by atoms with E-state index in [9.17, 15) is 10.1 Å². The van der Waals surface area contributed by atoms with E-state index < -0.39 is 4.92 Å². The van der Waals surface area contributed by atoms with Crippen molar-refractivity contribution in [3.8, 4) is 11.5 Å². The van der Waals surface area contributed by atoms with E-state index in [4.69, 9.17) is 14.2 Å². The van der Waals surface area contributed by atoms with E-state index in [2.05, 4.69) is 4.90 Å². The molecule has 0 N–H and O–H groups in total. The quantitative estimate of drug-likeness (QED) is 0.437. The monoisotopic (exact) mass is 344 g/mol. The highest BCUT2D eigenvalue weighted by molar-refractivity contribution is 5.62. The van der Waals surface area contributed by atoms with Crippen LogP contribution in [0.15, 0.2) is 48.5 Å². The van der Waals surface area contributed by atoms with Crippen molar-refractivity contribution in [2.45, 2.75) is 0 Å². The van der Waals surface area contributed by atoms with Crippen molar-refractivity contribution >= 4 is 11.4 Å². The van der Waals surface area contributed by atoms with E-state index in [1.165, 1.54) is 12.1 Å². The first-order chi connectivity index (χ1) is 12.2. The maximum Gasteiger partial charge on any atom is 0.273 e. The summed E-state index contributed by atoms with van der Waals surface area (Å²) in [7, 11) is 0. The molecule has 1 fully saturated rings. The largest absolute Gasteiger partial charge is 0.490 e. The van der Waals surface area contributed by atoms with Crippen molar-refractivity contribution in [3.63, 3.8) is 0 Å². The second-order valence-corrected chi connectivity index (χ2v) is 5.52. The van der Waals surface area contributed by atoms with Crippen molar-refractivity contribution < 1.29 is 19.1 Å². The van der Waals surface area contributed by atoms with Gasteiger partial charge in [-0.1, -0.05) is 18.2 Å². The Morgan fingerprint density at radius 3 is 2.48 bits per heavy atom. The van der Waals surface area contributed by atoms with Crippen molar-refractivity contribution in [2.24, 2.45) is 0 Å². The zero-order valence-corrected chi connectivity index (χ0v) is 13.8. The molecule has 2 aromatic carbocycles. The van der Waals surface area contributed by atoms with Gasteiger partial charge in [0.05, 0.1) is 29.9 Å². The summed E-state index contributed by atoms with van der Waals surface area (Å²) in [5.74, 6) is 1.26. The van der Waals surface area contributed by atoms with E-state index >= 15 is 0 Å². The maximum absolute atomic E-state index is 11.0. The summed E-state index contributed by atoms with van der Waals surface area (Å²) in [6.45, 7) is 3.38. The Morgan fingerprint density at radius 2 is 1.76 bits per heavy atom. The van der Waals surface area contributed by atoms with Gasteiger partial charge >= 0.3 is 0 Å². The van der Waals surface area contributed by atoms with Gasteiger partial charge in [0.25, 0.3) is 5.69 Å². The van der Waals surface area contributed by atoms with Crippen LogP contribution in [0.4, 0.5) is 11.4 Å². The summed E-state index contributed by atoms with van der Waals surface area (Å²) in [5, 5.41) is 11.0. The van der Waals surface area contributed by atoms with Gasteiger partial charge in [-0.2, -0.15) is 0 Å². The minimum atomic E-state index is -0.420. The summed E-state index contributed by atoms with van der Waals surface area (Å²) in [6, 6.07) is 14.1. The van der Waals surface area contributed by atoms with Crippen LogP contribution < -0.4 is 14.4 Å². The van der Waals surface area contributed by atoms with Gasteiger partial charge in [-0.25, -0.2) is 0 Å². The highest BCUT2D eigenvalue weighted by Gasteiger charge is 2.19. The van der Waals surface area contributed by atoms with E-state index in [-0.39, 0.29) is 5.69 Å². The lowest BCUT2D eigenvalue weighted by molar-refractivity contribution is -0.384. The van der Waals surface area contributed by atoms with Gasteiger partial charge in [0.2, 0.25) is 0 Å². The summed E-state index contributed by atoms with van der Waals surface area (Å²) < 4.78 is 16.7. The number of nitrogens with zero attached hydrogens (tertiary/aromatic N) is 2. The fraction of sp³-hybridized carbons (Fsp3) is 0.333. The smallest absolute Gasteiger partial charge is 0.273 e. The number of nitro groups is 1. The molecule has 0 unspecified atom stereocenters. The molecule has 0 atom stereocenters. The molecule has 1 heterocycles. The maximum atomic E-state index is 11.0. The predicted molar refractivity (Wildman–Crippen MR) is 93.6 cm³/mol. The number of para-hydroxylation sites is 1. The normalized spacial score (nSPS) is 14.2. The highest BCUT2D eigenvalue weighted by Crippen LogP contribution is 2.32. The molecule has 0 amide bonds. The number of hydrogen-bond acceptors (Lipinski definition) is 6. The lowest BCUT2D eigenvalue weighted by Gasteiger charge is -2.30. The number of nitro benzene ring substituents is 1. The molecule has 1 aliphatic rings. The zero-order chi connectivity index (χ0) is 17.5. The van der Waals surface area contributed by atoms with Crippen LogP contribution in [0.2, 0.25) is 0 Å². The Bertz CT molecular complexity index is 702. The SMILES string of the molecule is O=[N+]([O-])c1ccc(N2CCOCC2)c(OCCOc2ccccc2)c1. The highest BCUT2D eigenvalue weighted by atomic mass is 16.6. The molecule has 7 heteroatoms. The number of ether oxygens (including phenoxy) is 3. The van der Waals surface area contributed by atoms with E-state index in [1.54, 1.807) is 6.07 Å². The second kappa shape index (κ2) is 8.34. The molecule has 3 rings (SSSR count). The van der Waals surface area contributed by atoms with Crippen LogP contribution in [0.1, 0.15) is 0 Å². The molecule has 0 radical (unpaired) electrons. The number of non-ortho nitro benzene ring substituents is 1. The number of anilines is 1. The fourth-order valence-electron chi connectivity index (χ4n) is 2.63. The van der Waals surface area contributed by atoms with Crippen molar-refractivity contribution in [2.75, 3.05) is 44.4 Å². The van der Waals surface area contributed by atoms with E-state index in [1.807, 2.05) is 30.3 Å². The van der Waals surface area contributed by atoms with E-state index in [0.29, 0.717) is 32.2 Å². The third-order valence-electron chi connectivity index (χ3n) is 3.86. The number of morpholine rings is 1. The minimum absolute atomic E-state index is 0.0102. The van der Waals surface area contributed by atoms with Gasteiger partial charge in [-0.15, -0.1) is 0 Å². The number of rotatable bonds is 7. The molecule has 2 aromatic rings. The first-order valence-electron chi connectivity index (χ1n) is 8.16. The topological polar surface area (TPSA) is 74.1 Å². The van der Waals surface area contributed by atoms with Crippen LogP contribution in [0, 0.1) is 10.1 Å². The number of hydrogen-bond donors (Lipinski definition) is 0. The summed E-state index contributed by atoms with van der Waals surface area (Å²) in [6.07, 6.45) is 0. The Kier molecular flexibility index (Phi) is 5.69. The van der Waals surface area contributed by atoms with Crippen LogP contribution in [0.25, 0.3) is 0 Å². The van der Waals surface area contributed by atoms with Gasteiger partial charge in [0.1, 0.15) is 24.7 Å². The zero-order valence-electron chi connectivity index (χ0n) is 13.8. The molecule has 25 heavy (non-hydrogen) atoms. The van der Waals surface area contributed by atoms with Gasteiger partial charge < -0.3 is 19.1 Å². The van der Waals surface area contributed by atoms with Crippen LogP contribution >= 0.6 is 0 Å². The predicted octanol–water partition coefficient (Wildman–Crippen LogP) is 2.89. The molecule has 0 aliphatic carbocycles. The van der Waals surface area contributed by atoms with Gasteiger partial charge in [-0.05, 0) is 18.2 Å². The second-order valence-electron chi connectivity index (χ2n) is 5.52. The third-order valence-corrected chi connectivity index (χ3v) is 3.86. The average molecular weight is 344 g/mol. The number of benzene rings is 2.